The zero-order valence-corrected chi connectivity index (χ0v) is 20.5. The quantitative estimate of drug-likeness (QED) is 0.421. The number of para-hydroxylation sites is 2. The van der Waals surface area contributed by atoms with Gasteiger partial charge in [-0.3, -0.25) is 4.79 Å². The van der Waals surface area contributed by atoms with Crippen molar-refractivity contribution in [2.45, 2.75) is 26.3 Å². The molecule has 2 aliphatic rings. The van der Waals surface area contributed by atoms with Crippen LogP contribution in [0.25, 0.3) is 16.7 Å². The zero-order chi connectivity index (χ0) is 23.8. The SMILES string of the molecule is CC(C)C1=C(C(=O)N[C@H]2CCOc3ccccc32)COc2c1cccc2-c1cc(Cl)cc(Cl)c1. The van der Waals surface area contributed by atoms with E-state index in [0.29, 0.717) is 22.2 Å². The van der Waals surface area contributed by atoms with Crippen molar-refractivity contribution >= 4 is 34.7 Å². The van der Waals surface area contributed by atoms with Crippen LogP contribution in [0.1, 0.15) is 37.4 Å². The van der Waals surface area contributed by atoms with Crippen molar-refractivity contribution in [2.75, 3.05) is 13.2 Å². The van der Waals surface area contributed by atoms with E-state index in [1.54, 1.807) is 6.07 Å². The number of nitrogens with one attached hydrogen (secondary N) is 1. The maximum atomic E-state index is 13.5. The zero-order valence-electron chi connectivity index (χ0n) is 19.0. The third-order valence-corrected chi connectivity index (χ3v) is 6.72. The average molecular weight is 494 g/mol. The van der Waals surface area contributed by atoms with Gasteiger partial charge in [0.1, 0.15) is 18.1 Å². The maximum Gasteiger partial charge on any atom is 0.251 e. The Kier molecular flexibility index (Phi) is 6.28. The van der Waals surface area contributed by atoms with Crippen LogP contribution in [-0.2, 0) is 4.79 Å². The molecule has 3 aromatic rings. The van der Waals surface area contributed by atoms with Gasteiger partial charge in [-0.2, -0.15) is 0 Å². The topological polar surface area (TPSA) is 47.6 Å². The Hall–Kier alpha value is -2.95. The Morgan fingerprint density at radius 2 is 1.71 bits per heavy atom. The van der Waals surface area contributed by atoms with Gasteiger partial charge in [-0.15, -0.1) is 0 Å². The lowest BCUT2D eigenvalue weighted by molar-refractivity contribution is -0.118. The highest BCUT2D eigenvalue weighted by Crippen LogP contribution is 2.44. The van der Waals surface area contributed by atoms with Crippen molar-refractivity contribution in [3.8, 4) is 22.6 Å². The van der Waals surface area contributed by atoms with Gasteiger partial charge in [0.2, 0.25) is 0 Å². The number of carbonyl (C=O) groups is 1. The van der Waals surface area contributed by atoms with Gasteiger partial charge in [0.25, 0.3) is 5.91 Å². The minimum Gasteiger partial charge on any atom is -0.493 e. The highest BCUT2D eigenvalue weighted by atomic mass is 35.5. The van der Waals surface area contributed by atoms with Crippen LogP contribution in [-0.4, -0.2) is 19.1 Å². The van der Waals surface area contributed by atoms with E-state index in [1.165, 1.54) is 0 Å². The number of rotatable bonds is 4. The predicted molar refractivity (Wildman–Crippen MR) is 137 cm³/mol. The van der Waals surface area contributed by atoms with Crippen LogP contribution in [0.15, 0.2) is 66.2 Å². The molecule has 1 N–H and O–H groups in total. The summed E-state index contributed by atoms with van der Waals surface area (Å²) in [6.07, 6.45) is 0.726. The van der Waals surface area contributed by atoms with Crippen LogP contribution >= 0.6 is 23.2 Å². The first kappa shape index (κ1) is 22.8. The Bertz CT molecular complexity index is 1280. The number of benzene rings is 3. The van der Waals surface area contributed by atoms with Gasteiger partial charge in [-0.1, -0.05) is 73.4 Å². The van der Waals surface area contributed by atoms with E-state index in [-0.39, 0.29) is 24.5 Å². The van der Waals surface area contributed by atoms with Gasteiger partial charge < -0.3 is 14.8 Å². The highest BCUT2D eigenvalue weighted by Gasteiger charge is 2.31. The van der Waals surface area contributed by atoms with Crippen LogP contribution in [0.4, 0.5) is 0 Å². The summed E-state index contributed by atoms with van der Waals surface area (Å²) >= 11 is 12.5. The summed E-state index contributed by atoms with van der Waals surface area (Å²) in [6.45, 7) is 4.97. The molecule has 2 aliphatic heterocycles. The number of hydrogen-bond acceptors (Lipinski definition) is 3. The molecule has 0 radical (unpaired) electrons. The molecule has 1 atom stereocenters. The lowest BCUT2D eigenvalue weighted by atomic mass is 9.86. The number of fused-ring (bicyclic) bond motifs is 2. The summed E-state index contributed by atoms with van der Waals surface area (Å²) in [5, 5.41) is 4.35. The molecule has 5 rings (SSSR count). The molecule has 174 valence electrons. The lowest BCUT2D eigenvalue weighted by Crippen LogP contribution is -2.36. The fourth-order valence-electron chi connectivity index (χ4n) is 4.81. The summed E-state index contributed by atoms with van der Waals surface area (Å²) in [6, 6.07) is 19.2. The first-order valence-corrected chi connectivity index (χ1v) is 12.2. The fourth-order valence-corrected chi connectivity index (χ4v) is 5.34. The number of allylic oxidation sites excluding steroid dienone is 1. The molecule has 0 spiro atoms. The van der Waals surface area contributed by atoms with Crippen molar-refractivity contribution < 1.29 is 14.3 Å². The van der Waals surface area contributed by atoms with E-state index in [9.17, 15) is 4.79 Å². The van der Waals surface area contributed by atoms with Gasteiger partial charge in [-0.05, 0) is 41.3 Å². The monoisotopic (exact) mass is 493 g/mol. The molecule has 0 bridgehead atoms. The third kappa shape index (κ3) is 4.28. The molecule has 4 nitrogen and oxygen atoms in total. The van der Waals surface area contributed by atoms with Crippen molar-refractivity contribution in [3.05, 3.63) is 87.4 Å². The molecule has 3 aromatic carbocycles. The van der Waals surface area contributed by atoms with E-state index >= 15 is 0 Å². The normalized spacial score (nSPS) is 16.9. The highest BCUT2D eigenvalue weighted by molar-refractivity contribution is 6.35. The van der Waals surface area contributed by atoms with E-state index in [1.807, 2.05) is 54.6 Å². The average Bonchev–Trinajstić information content (AvgIpc) is 2.82. The molecule has 2 heterocycles. The predicted octanol–water partition coefficient (Wildman–Crippen LogP) is 7.10. The number of halogens is 2. The van der Waals surface area contributed by atoms with Gasteiger partial charge in [0, 0.05) is 33.2 Å². The van der Waals surface area contributed by atoms with Crippen LogP contribution in [0.5, 0.6) is 11.5 Å². The summed E-state index contributed by atoms with van der Waals surface area (Å²) in [7, 11) is 0. The second kappa shape index (κ2) is 9.36. The van der Waals surface area contributed by atoms with Crippen LogP contribution in [0.2, 0.25) is 10.0 Å². The van der Waals surface area contributed by atoms with E-state index < -0.39 is 0 Å². The van der Waals surface area contributed by atoms with E-state index in [0.717, 1.165) is 45.7 Å². The Morgan fingerprint density at radius 1 is 0.971 bits per heavy atom. The Morgan fingerprint density at radius 3 is 2.47 bits per heavy atom. The summed E-state index contributed by atoms with van der Waals surface area (Å²) in [5.41, 5.74) is 5.36. The maximum absolute atomic E-state index is 13.5. The smallest absolute Gasteiger partial charge is 0.251 e. The molecule has 0 unspecified atom stereocenters. The molecule has 0 saturated carbocycles. The molecular formula is C28H25Cl2NO3. The number of hydrogen-bond donors (Lipinski definition) is 1. The Balaban J connectivity index is 1.53. The van der Waals surface area contributed by atoms with Crippen LogP contribution in [0, 0.1) is 5.92 Å². The molecule has 6 heteroatoms. The van der Waals surface area contributed by atoms with Crippen LogP contribution in [0.3, 0.4) is 0 Å². The van der Waals surface area contributed by atoms with Crippen molar-refractivity contribution in [2.24, 2.45) is 5.92 Å². The largest absolute Gasteiger partial charge is 0.493 e. The minimum absolute atomic E-state index is 0.0975. The first-order valence-electron chi connectivity index (χ1n) is 11.4. The molecule has 0 aliphatic carbocycles. The molecule has 34 heavy (non-hydrogen) atoms. The summed E-state index contributed by atoms with van der Waals surface area (Å²) < 4.78 is 12.0. The van der Waals surface area contributed by atoms with E-state index in [4.69, 9.17) is 32.7 Å². The third-order valence-electron chi connectivity index (χ3n) is 6.28. The number of carbonyl (C=O) groups excluding carboxylic acids is 1. The van der Waals surface area contributed by atoms with Crippen molar-refractivity contribution in [3.63, 3.8) is 0 Å². The van der Waals surface area contributed by atoms with Crippen LogP contribution < -0.4 is 14.8 Å². The second-order valence-corrected chi connectivity index (χ2v) is 9.75. The standard InChI is InChI=1S/C28H25Cl2NO3/c1-16(2)26-22-8-5-7-20(17-12-18(29)14-19(30)13-17)27(22)34-15-23(26)28(32)31-24-10-11-33-25-9-4-3-6-21(24)25/h3-9,12-14,16,24H,10-11,15H2,1-2H3,(H,31,32)/t24-/m0/s1. The second-order valence-electron chi connectivity index (χ2n) is 8.88. The van der Waals surface area contributed by atoms with Gasteiger partial charge in [0.05, 0.1) is 18.2 Å². The first-order chi connectivity index (χ1) is 16.4. The minimum atomic E-state index is -0.104. The van der Waals surface area contributed by atoms with Crippen molar-refractivity contribution in [1.29, 1.82) is 0 Å². The summed E-state index contributed by atoms with van der Waals surface area (Å²) in [4.78, 5) is 13.5. The molecular weight excluding hydrogens is 469 g/mol. The molecule has 0 fully saturated rings. The van der Waals surface area contributed by atoms with Crippen molar-refractivity contribution in [1.82, 2.24) is 5.32 Å². The number of amides is 1. The lowest BCUT2D eigenvalue weighted by Gasteiger charge is -2.30. The number of ether oxygens (including phenoxy) is 2. The molecule has 0 saturated heterocycles. The van der Waals surface area contributed by atoms with Gasteiger partial charge >= 0.3 is 0 Å². The molecule has 1 amide bonds. The Labute approximate surface area is 209 Å². The summed E-state index contributed by atoms with van der Waals surface area (Å²) in [5.74, 6) is 1.60. The van der Waals surface area contributed by atoms with E-state index in [2.05, 4.69) is 19.2 Å². The van der Waals surface area contributed by atoms with Gasteiger partial charge in [0.15, 0.2) is 0 Å². The molecule has 0 aromatic heterocycles. The fraction of sp³-hybridized carbons (Fsp3) is 0.250. The van der Waals surface area contributed by atoms with Gasteiger partial charge in [-0.25, -0.2) is 0 Å².